The van der Waals surface area contributed by atoms with Crippen LogP contribution in [0.25, 0.3) is 0 Å². The normalized spacial score (nSPS) is 10.5. The van der Waals surface area contributed by atoms with Crippen molar-refractivity contribution < 1.29 is 15.0 Å². The summed E-state index contributed by atoms with van der Waals surface area (Å²) in [7, 11) is 2.96. The van der Waals surface area contributed by atoms with Gasteiger partial charge in [-0.25, -0.2) is 24.1 Å². The van der Waals surface area contributed by atoms with Crippen molar-refractivity contribution >= 4 is 30.8 Å². The summed E-state index contributed by atoms with van der Waals surface area (Å²) in [6, 6.07) is 0. The Morgan fingerprint density at radius 2 is 1.47 bits per heavy atom. The molecule has 11 heteroatoms. The van der Waals surface area contributed by atoms with E-state index in [1.165, 1.54) is 23.5 Å². The molecule has 2 heterocycles. The minimum atomic E-state index is -2.38. The Bertz CT molecular complexity index is 528. The zero-order valence-corrected chi connectivity index (χ0v) is 11.6. The monoisotopic (exact) mass is 310 g/mol. The minimum Gasteiger partial charge on any atom is -0.478 e. The van der Waals surface area contributed by atoms with E-state index < -0.39 is 11.6 Å². The highest BCUT2D eigenvalue weighted by Gasteiger charge is 2.48. The highest BCUT2D eigenvalue weighted by molar-refractivity contribution is 5.85. The predicted octanol–water partition coefficient (Wildman–Crippen LogP) is -0.892. The topological polar surface area (TPSA) is 119 Å². The molecule has 0 atom stereocenters. The molecule has 2 N–H and O–H groups in total. The molecule has 0 fully saturated rings. The smallest absolute Gasteiger partial charge is 0.352 e. The van der Waals surface area contributed by atoms with E-state index in [4.69, 9.17) is 0 Å². The molecular weight excluding hydrogens is 299 g/mol. The molecule has 0 aliphatic heterocycles. The highest BCUT2D eigenvalue weighted by atomic mass is 35.5. The SMILES string of the molecule is Cl.Cl.Cn1ncnc1C(O)(C(=O)O)c1ncnn1C. The quantitative estimate of drug-likeness (QED) is 0.754. The number of hydrogen-bond acceptors (Lipinski definition) is 6. The number of hydrogen-bond donors (Lipinski definition) is 2. The van der Waals surface area contributed by atoms with Crippen molar-refractivity contribution in [1.82, 2.24) is 29.5 Å². The van der Waals surface area contributed by atoms with E-state index in [0.717, 1.165) is 12.7 Å². The Morgan fingerprint density at radius 3 is 1.68 bits per heavy atom. The average molecular weight is 311 g/mol. The maximum absolute atomic E-state index is 11.3. The van der Waals surface area contributed by atoms with Crippen LogP contribution in [0.4, 0.5) is 0 Å². The lowest BCUT2D eigenvalue weighted by atomic mass is 10.0. The van der Waals surface area contributed by atoms with E-state index in [0.29, 0.717) is 0 Å². The van der Waals surface area contributed by atoms with E-state index in [2.05, 4.69) is 20.2 Å². The van der Waals surface area contributed by atoms with Crippen LogP contribution >= 0.6 is 24.8 Å². The molecule has 0 aliphatic rings. The van der Waals surface area contributed by atoms with Crippen LogP contribution in [0.5, 0.6) is 0 Å². The maximum atomic E-state index is 11.3. The Labute approximate surface area is 120 Å². The van der Waals surface area contributed by atoms with Crippen molar-refractivity contribution in [1.29, 1.82) is 0 Å². The van der Waals surface area contributed by atoms with E-state index in [9.17, 15) is 15.0 Å². The lowest BCUT2D eigenvalue weighted by Gasteiger charge is -2.20. The summed E-state index contributed by atoms with van der Waals surface area (Å²) in [5.41, 5.74) is -2.38. The molecule has 0 amide bonds. The van der Waals surface area contributed by atoms with Crippen molar-refractivity contribution in [2.24, 2.45) is 14.1 Å². The molecule has 19 heavy (non-hydrogen) atoms. The molecule has 0 bridgehead atoms. The van der Waals surface area contributed by atoms with Crippen LogP contribution in [0.15, 0.2) is 12.7 Å². The fourth-order valence-electron chi connectivity index (χ4n) is 1.54. The molecular formula is C8H12Cl2N6O3. The molecule has 9 nitrogen and oxygen atoms in total. The predicted molar refractivity (Wildman–Crippen MR) is 67.1 cm³/mol. The number of aryl methyl sites for hydroxylation is 2. The molecule has 0 aliphatic carbocycles. The van der Waals surface area contributed by atoms with E-state index in [1.807, 2.05) is 0 Å². The van der Waals surface area contributed by atoms with Gasteiger partial charge in [0.1, 0.15) is 12.7 Å². The molecule has 0 spiro atoms. The summed E-state index contributed by atoms with van der Waals surface area (Å²) in [4.78, 5) is 18.8. The summed E-state index contributed by atoms with van der Waals surface area (Å²) in [6.45, 7) is 0. The zero-order valence-electron chi connectivity index (χ0n) is 9.96. The van der Waals surface area contributed by atoms with Gasteiger partial charge in [-0.1, -0.05) is 0 Å². The molecule has 0 saturated carbocycles. The standard InChI is InChI=1S/C8H10N6O3.2ClH/c1-13-5(9-3-11-13)8(17,7(15)16)6-10-4-12-14(6)2;;/h3-4,17H,1-2H3,(H,15,16);2*1H. The first kappa shape index (κ1) is 17.3. The molecule has 0 saturated heterocycles. The molecule has 2 rings (SSSR count). The van der Waals surface area contributed by atoms with Gasteiger partial charge < -0.3 is 10.2 Å². The maximum Gasteiger partial charge on any atom is 0.352 e. The van der Waals surface area contributed by atoms with Crippen molar-refractivity contribution in [3.8, 4) is 0 Å². The number of carbonyl (C=O) groups is 1. The van der Waals surface area contributed by atoms with Crippen LogP contribution in [0.1, 0.15) is 11.6 Å². The fourth-order valence-corrected chi connectivity index (χ4v) is 1.54. The Hall–Kier alpha value is -1.71. The molecule has 106 valence electrons. The van der Waals surface area contributed by atoms with Gasteiger partial charge in [0, 0.05) is 14.1 Å². The Kier molecular flexibility index (Phi) is 5.42. The van der Waals surface area contributed by atoms with Gasteiger partial charge in [0.15, 0.2) is 11.6 Å². The third-order valence-corrected chi connectivity index (χ3v) is 2.38. The van der Waals surface area contributed by atoms with Gasteiger partial charge in [-0.3, -0.25) is 0 Å². The van der Waals surface area contributed by atoms with E-state index in [-0.39, 0.29) is 36.5 Å². The first-order valence-electron chi connectivity index (χ1n) is 4.62. The molecule has 0 aromatic carbocycles. The fraction of sp³-hybridized carbons (Fsp3) is 0.375. The number of aliphatic hydroxyl groups is 1. The Balaban J connectivity index is 0.00000162. The van der Waals surface area contributed by atoms with Crippen LogP contribution in [0, 0.1) is 0 Å². The second-order valence-corrected chi connectivity index (χ2v) is 3.43. The molecule has 2 aromatic heterocycles. The summed E-state index contributed by atoms with van der Waals surface area (Å²) in [5.74, 6) is -1.77. The van der Waals surface area contributed by atoms with E-state index >= 15 is 0 Å². The summed E-state index contributed by atoms with van der Waals surface area (Å²) in [5, 5.41) is 27.0. The lowest BCUT2D eigenvalue weighted by Crippen LogP contribution is -2.42. The second-order valence-electron chi connectivity index (χ2n) is 3.43. The summed E-state index contributed by atoms with van der Waals surface area (Å²) < 4.78 is 2.34. The third kappa shape index (κ3) is 2.53. The second kappa shape index (κ2) is 5.95. The third-order valence-electron chi connectivity index (χ3n) is 2.38. The number of halogens is 2. The van der Waals surface area contributed by atoms with E-state index in [1.54, 1.807) is 0 Å². The number of rotatable bonds is 3. The van der Waals surface area contributed by atoms with Gasteiger partial charge in [-0.05, 0) is 0 Å². The number of aliphatic carboxylic acids is 1. The first-order valence-corrected chi connectivity index (χ1v) is 4.62. The van der Waals surface area contributed by atoms with Crippen molar-refractivity contribution in [3.63, 3.8) is 0 Å². The van der Waals surface area contributed by atoms with Crippen molar-refractivity contribution in [2.45, 2.75) is 5.60 Å². The summed E-state index contributed by atoms with van der Waals surface area (Å²) >= 11 is 0. The molecule has 0 radical (unpaired) electrons. The number of carboxylic acids is 1. The van der Waals surface area contributed by atoms with Gasteiger partial charge in [0.25, 0.3) is 5.60 Å². The number of aromatic nitrogens is 6. The van der Waals surface area contributed by atoms with Crippen LogP contribution < -0.4 is 0 Å². The minimum absolute atomic E-state index is 0. The summed E-state index contributed by atoms with van der Waals surface area (Å²) in [6.07, 6.45) is 2.30. The van der Waals surface area contributed by atoms with Gasteiger partial charge in [-0.2, -0.15) is 10.2 Å². The lowest BCUT2D eigenvalue weighted by molar-refractivity contribution is -0.157. The van der Waals surface area contributed by atoms with Crippen molar-refractivity contribution in [3.05, 3.63) is 24.3 Å². The first-order chi connectivity index (χ1) is 7.98. The molecule has 2 aromatic rings. The largest absolute Gasteiger partial charge is 0.478 e. The van der Waals surface area contributed by atoms with Crippen LogP contribution in [0.3, 0.4) is 0 Å². The van der Waals surface area contributed by atoms with Gasteiger partial charge in [0.2, 0.25) is 0 Å². The number of carboxylic acid groups (broad SMARTS) is 1. The van der Waals surface area contributed by atoms with Gasteiger partial charge in [-0.15, -0.1) is 24.8 Å². The molecule has 0 unspecified atom stereocenters. The van der Waals surface area contributed by atoms with Crippen LogP contribution in [0.2, 0.25) is 0 Å². The van der Waals surface area contributed by atoms with Gasteiger partial charge in [0.05, 0.1) is 0 Å². The van der Waals surface area contributed by atoms with Gasteiger partial charge >= 0.3 is 5.97 Å². The Morgan fingerprint density at radius 1 is 1.11 bits per heavy atom. The van der Waals surface area contributed by atoms with Crippen molar-refractivity contribution in [2.75, 3.05) is 0 Å². The average Bonchev–Trinajstić information content (AvgIpc) is 2.86. The van der Waals surface area contributed by atoms with Crippen LogP contribution in [-0.2, 0) is 24.5 Å². The highest BCUT2D eigenvalue weighted by Crippen LogP contribution is 2.25. The number of nitrogens with zero attached hydrogens (tertiary/aromatic N) is 6. The zero-order chi connectivity index (χ0) is 12.6. The van der Waals surface area contributed by atoms with Crippen LogP contribution in [-0.4, -0.2) is 45.7 Å².